The van der Waals surface area contributed by atoms with Crippen LogP contribution >= 0.6 is 0 Å². The van der Waals surface area contributed by atoms with Gasteiger partial charge in [-0.1, -0.05) is 6.07 Å². The number of nitrogens with zero attached hydrogens (tertiary/aromatic N) is 3. The number of rotatable bonds is 4. The second-order valence-electron chi connectivity index (χ2n) is 6.88. The Balaban J connectivity index is 1.44. The van der Waals surface area contributed by atoms with Crippen LogP contribution in [0.2, 0.25) is 0 Å². The third-order valence-corrected chi connectivity index (χ3v) is 4.87. The van der Waals surface area contributed by atoms with E-state index < -0.39 is 0 Å². The van der Waals surface area contributed by atoms with Crippen molar-refractivity contribution in [1.82, 2.24) is 14.8 Å². The summed E-state index contributed by atoms with van der Waals surface area (Å²) in [5.41, 5.74) is 0.499. The second-order valence-corrected chi connectivity index (χ2v) is 6.88. The molecule has 0 spiro atoms. The molecule has 1 aromatic carbocycles. The minimum absolute atomic E-state index is 0.0279. The molecule has 0 unspecified atom stereocenters. The lowest BCUT2D eigenvalue weighted by atomic mass is 10.2. The van der Waals surface area contributed by atoms with Gasteiger partial charge in [-0.3, -0.25) is 14.7 Å². The van der Waals surface area contributed by atoms with Crippen molar-refractivity contribution in [3.05, 3.63) is 54.1 Å². The van der Waals surface area contributed by atoms with E-state index in [9.17, 15) is 9.18 Å². The van der Waals surface area contributed by atoms with Crippen LogP contribution in [0.25, 0.3) is 0 Å². The van der Waals surface area contributed by atoms with Crippen molar-refractivity contribution in [3.63, 3.8) is 0 Å². The summed E-state index contributed by atoms with van der Waals surface area (Å²) >= 11 is 0. The van der Waals surface area contributed by atoms with Crippen LogP contribution in [0.5, 0.6) is 11.5 Å². The molecule has 0 radical (unpaired) electrons. The van der Waals surface area contributed by atoms with Gasteiger partial charge in [-0.2, -0.15) is 0 Å². The van der Waals surface area contributed by atoms with Gasteiger partial charge in [0.2, 0.25) is 0 Å². The Kier molecular flexibility index (Phi) is 4.84. The number of pyridine rings is 1. The van der Waals surface area contributed by atoms with E-state index in [4.69, 9.17) is 4.74 Å². The van der Waals surface area contributed by atoms with Crippen molar-refractivity contribution in [1.29, 1.82) is 0 Å². The highest BCUT2D eigenvalue weighted by Gasteiger charge is 2.31. The van der Waals surface area contributed by atoms with E-state index >= 15 is 0 Å². The Bertz CT molecular complexity index is 794. The van der Waals surface area contributed by atoms with Gasteiger partial charge in [-0.15, -0.1) is 0 Å². The van der Waals surface area contributed by atoms with Crippen molar-refractivity contribution in [3.8, 4) is 11.5 Å². The van der Waals surface area contributed by atoms with E-state index in [0.717, 1.165) is 38.6 Å². The number of carbonyl (C=O) groups excluding carboxylic acids is 1. The van der Waals surface area contributed by atoms with E-state index in [1.54, 1.807) is 24.4 Å². The smallest absolute Gasteiger partial charge is 0.255 e. The van der Waals surface area contributed by atoms with Crippen LogP contribution in [-0.4, -0.2) is 52.9 Å². The van der Waals surface area contributed by atoms with Crippen LogP contribution in [0, 0.1) is 5.82 Å². The molecule has 2 fully saturated rings. The van der Waals surface area contributed by atoms with E-state index in [2.05, 4.69) is 9.88 Å². The molecule has 2 aliphatic rings. The SMILES string of the molecule is O=C(c1cncc(Oc2cccc(F)c2)c1)N1CCCN(C2CC2)CC1. The Labute approximate surface area is 152 Å². The summed E-state index contributed by atoms with van der Waals surface area (Å²) in [6.07, 6.45) is 6.66. The summed E-state index contributed by atoms with van der Waals surface area (Å²) in [4.78, 5) is 21.4. The number of amides is 1. The normalized spacial score (nSPS) is 18.4. The number of carbonyl (C=O) groups is 1. The summed E-state index contributed by atoms with van der Waals surface area (Å²) in [6, 6.07) is 8.30. The molecular weight excluding hydrogens is 333 g/mol. The first-order valence-corrected chi connectivity index (χ1v) is 9.11. The lowest BCUT2D eigenvalue weighted by Crippen LogP contribution is -2.35. The monoisotopic (exact) mass is 355 g/mol. The second kappa shape index (κ2) is 7.41. The first-order valence-electron chi connectivity index (χ1n) is 9.11. The standard InChI is InChI=1S/C20H22FN3O2/c21-16-3-1-4-18(12-16)26-19-11-15(13-22-14-19)20(25)24-8-2-7-23(9-10-24)17-5-6-17/h1,3-4,11-14,17H,2,5-10H2. The van der Waals surface area contributed by atoms with Gasteiger partial charge in [0.05, 0.1) is 11.8 Å². The molecule has 6 heteroatoms. The molecule has 5 nitrogen and oxygen atoms in total. The minimum atomic E-state index is -0.368. The van der Waals surface area contributed by atoms with Crippen LogP contribution in [0.15, 0.2) is 42.7 Å². The molecule has 1 amide bonds. The fourth-order valence-electron chi connectivity index (χ4n) is 3.39. The molecule has 136 valence electrons. The van der Waals surface area contributed by atoms with E-state index in [0.29, 0.717) is 17.1 Å². The largest absolute Gasteiger partial charge is 0.456 e. The quantitative estimate of drug-likeness (QED) is 0.844. The summed E-state index contributed by atoms with van der Waals surface area (Å²) in [7, 11) is 0. The molecule has 2 aromatic rings. The molecule has 1 aliphatic carbocycles. The molecule has 1 saturated heterocycles. The van der Waals surface area contributed by atoms with Crippen LogP contribution in [0.1, 0.15) is 29.6 Å². The molecule has 26 heavy (non-hydrogen) atoms. The average molecular weight is 355 g/mol. The Hall–Kier alpha value is -2.47. The number of ether oxygens (including phenoxy) is 1. The van der Waals surface area contributed by atoms with Crippen LogP contribution in [0.3, 0.4) is 0 Å². The average Bonchev–Trinajstić information content (AvgIpc) is 3.48. The maximum absolute atomic E-state index is 13.3. The zero-order chi connectivity index (χ0) is 17.9. The Morgan fingerprint density at radius 2 is 1.96 bits per heavy atom. The van der Waals surface area contributed by atoms with Crippen LogP contribution < -0.4 is 4.74 Å². The molecule has 1 aromatic heterocycles. The molecule has 2 heterocycles. The lowest BCUT2D eigenvalue weighted by Gasteiger charge is -2.22. The van der Waals surface area contributed by atoms with Gasteiger partial charge < -0.3 is 9.64 Å². The highest BCUT2D eigenvalue weighted by atomic mass is 19.1. The van der Waals surface area contributed by atoms with Gasteiger partial charge >= 0.3 is 0 Å². The summed E-state index contributed by atoms with van der Waals surface area (Å²) in [5.74, 6) is 0.412. The molecule has 0 bridgehead atoms. The molecule has 0 atom stereocenters. The molecular formula is C20H22FN3O2. The first-order chi connectivity index (χ1) is 12.7. The fourth-order valence-corrected chi connectivity index (χ4v) is 3.39. The Morgan fingerprint density at radius 1 is 1.08 bits per heavy atom. The number of aromatic nitrogens is 1. The van der Waals surface area contributed by atoms with Crippen LogP contribution in [-0.2, 0) is 0 Å². The molecule has 1 saturated carbocycles. The van der Waals surface area contributed by atoms with Gasteiger partial charge in [0.25, 0.3) is 5.91 Å². The summed E-state index contributed by atoms with van der Waals surface area (Å²) < 4.78 is 18.9. The lowest BCUT2D eigenvalue weighted by molar-refractivity contribution is 0.0760. The maximum atomic E-state index is 13.3. The zero-order valence-corrected chi connectivity index (χ0v) is 14.6. The predicted molar refractivity (Wildman–Crippen MR) is 95.8 cm³/mol. The van der Waals surface area contributed by atoms with E-state index in [1.165, 1.54) is 31.2 Å². The van der Waals surface area contributed by atoms with Crippen LogP contribution in [0.4, 0.5) is 4.39 Å². The summed E-state index contributed by atoms with van der Waals surface area (Å²) in [5, 5.41) is 0. The maximum Gasteiger partial charge on any atom is 0.255 e. The van der Waals surface area contributed by atoms with Crippen molar-refractivity contribution in [2.75, 3.05) is 26.2 Å². The van der Waals surface area contributed by atoms with Crippen molar-refractivity contribution >= 4 is 5.91 Å². The third kappa shape index (κ3) is 4.02. The zero-order valence-electron chi connectivity index (χ0n) is 14.6. The Morgan fingerprint density at radius 3 is 2.77 bits per heavy atom. The van der Waals surface area contributed by atoms with Gasteiger partial charge in [0.15, 0.2) is 0 Å². The predicted octanol–water partition coefficient (Wildman–Crippen LogP) is 3.32. The topological polar surface area (TPSA) is 45.7 Å². The minimum Gasteiger partial charge on any atom is -0.456 e. The van der Waals surface area contributed by atoms with Gasteiger partial charge in [-0.25, -0.2) is 4.39 Å². The molecule has 1 aliphatic heterocycles. The molecule has 4 rings (SSSR count). The summed E-state index contributed by atoms with van der Waals surface area (Å²) in [6.45, 7) is 3.50. The van der Waals surface area contributed by atoms with E-state index in [1.807, 2.05) is 4.90 Å². The van der Waals surface area contributed by atoms with Gasteiger partial charge in [0.1, 0.15) is 17.3 Å². The van der Waals surface area contributed by atoms with Crippen molar-refractivity contribution < 1.29 is 13.9 Å². The van der Waals surface area contributed by atoms with Gasteiger partial charge in [-0.05, 0) is 37.5 Å². The van der Waals surface area contributed by atoms with Gasteiger partial charge in [0, 0.05) is 44.5 Å². The fraction of sp³-hybridized carbons (Fsp3) is 0.400. The first kappa shape index (κ1) is 17.0. The van der Waals surface area contributed by atoms with E-state index in [-0.39, 0.29) is 11.7 Å². The number of hydrogen-bond acceptors (Lipinski definition) is 4. The third-order valence-electron chi connectivity index (χ3n) is 4.87. The van der Waals surface area contributed by atoms with Crippen molar-refractivity contribution in [2.24, 2.45) is 0 Å². The number of hydrogen-bond donors (Lipinski definition) is 0. The highest BCUT2D eigenvalue weighted by Crippen LogP contribution is 2.28. The number of benzene rings is 1. The van der Waals surface area contributed by atoms with Crippen molar-refractivity contribution in [2.45, 2.75) is 25.3 Å². The highest BCUT2D eigenvalue weighted by molar-refractivity contribution is 5.94. The molecule has 0 N–H and O–H groups in total. The number of halogens is 1.